The number of ketones is 1. The molecule has 1 aliphatic rings. The average Bonchev–Trinajstić information content (AvgIpc) is 3.27. The van der Waals surface area contributed by atoms with Gasteiger partial charge < -0.3 is 18.9 Å². The van der Waals surface area contributed by atoms with Crippen LogP contribution in [0.1, 0.15) is 15.9 Å². The normalized spacial score (nSPS) is 17.5. The summed E-state index contributed by atoms with van der Waals surface area (Å²) in [5, 5.41) is -0.568. The lowest BCUT2D eigenvalue weighted by Gasteiger charge is -2.21. The van der Waals surface area contributed by atoms with Gasteiger partial charge in [-0.05, 0) is 41.5 Å². The van der Waals surface area contributed by atoms with Gasteiger partial charge in [-0.25, -0.2) is 4.79 Å². The van der Waals surface area contributed by atoms with Crippen LogP contribution in [0.15, 0.2) is 60.0 Å². The van der Waals surface area contributed by atoms with E-state index in [4.69, 9.17) is 18.9 Å². The van der Waals surface area contributed by atoms with Gasteiger partial charge in [0.15, 0.2) is 17.3 Å². The molecule has 0 spiro atoms. The van der Waals surface area contributed by atoms with Gasteiger partial charge in [-0.3, -0.25) is 4.79 Å². The van der Waals surface area contributed by atoms with Crippen LogP contribution in [0.5, 0.6) is 17.2 Å². The zero-order valence-corrected chi connectivity index (χ0v) is 18.7. The Kier molecular flexibility index (Phi) is 7.07. The second-order valence-corrected chi connectivity index (χ2v) is 7.96. The van der Waals surface area contributed by atoms with Gasteiger partial charge in [0.2, 0.25) is 0 Å². The fourth-order valence-corrected chi connectivity index (χ4v) is 4.68. The maximum atomic E-state index is 13.5. The highest BCUT2D eigenvalue weighted by atomic mass is 32.2. The number of esters is 1. The third kappa shape index (κ3) is 4.61. The van der Waals surface area contributed by atoms with Crippen molar-refractivity contribution in [2.45, 2.75) is 5.25 Å². The molecule has 0 saturated carbocycles. The SMILES string of the molecule is C=C(c1ccc(OC)cc1)[C@@H]1C=C(C(=O)OC)S[C@H]1C(=O)c1ccc(OC)c(OC)c1. The summed E-state index contributed by atoms with van der Waals surface area (Å²) in [4.78, 5) is 26.0. The lowest BCUT2D eigenvalue weighted by Crippen LogP contribution is -2.24. The van der Waals surface area contributed by atoms with E-state index in [1.165, 1.54) is 33.1 Å². The minimum absolute atomic E-state index is 0.138. The van der Waals surface area contributed by atoms with Gasteiger partial charge in [0.25, 0.3) is 0 Å². The first-order valence-electron chi connectivity index (χ1n) is 9.49. The average molecular weight is 441 g/mol. The molecule has 0 N–H and O–H groups in total. The summed E-state index contributed by atoms with van der Waals surface area (Å²) >= 11 is 1.19. The van der Waals surface area contributed by atoms with Crippen molar-refractivity contribution < 1.29 is 28.5 Å². The van der Waals surface area contributed by atoms with Gasteiger partial charge >= 0.3 is 5.97 Å². The number of thioether (sulfide) groups is 1. The summed E-state index contributed by atoms with van der Waals surface area (Å²) in [6.07, 6.45) is 1.76. The van der Waals surface area contributed by atoms with E-state index >= 15 is 0 Å². The number of carbonyl (C=O) groups excluding carboxylic acids is 2. The summed E-state index contributed by atoms with van der Waals surface area (Å²) < 4.78 is 20.7. The fraction of sp³-hybridized carbons (Fsp3) is 0.250. The molecule has 0 amide bonds. The Morgan fingerprint density at radius 1 is 0.871 bits per heavy atom. The van der Waals surface area contributed by atoms with E-state index in [-0.39, 0.29) is 11.7 Å². The highest BCUT2D eigenvalue weighted by molar-refractivity contribution is 8.05. The van der Waals surface area contributed by atoms with E-state index < -0.39 is 11.2 Å². The zero-order valence-electron chi connectivity index (χ0n) is 17.8. The molecule has 0 fully saturated rings. The number of benzene rings is 2. The monoisotopic (exact) mass is 440 g/mol. The number of methoxy groups -OCH3 is 4. The Balaban J connectivity index is 1.95. The van der Waals surface area contributed by atoms with Crippen molar-refractivity contribution in [3.63, 3.8) is 0 Å². The second kappa shape index (κ2) is 9.75. The zero-order chi connectivity index (χ0) is 22.5. The molecule has 0 radical (unpaired) electrons. The van der Waals surface area contributed by atoms with E-state index in [0.29, 0.717) is 22.0 Å². The number of hydrogen-bond acceptors (Lipinski definition) is 7. The van der Waals surface area contributed by atoms with Gasteiger partial charge in [-0.15, -0.1) is 11.8 Å². The largest absolute Gasteiger partial charge is 0.497 e. The van der Waals surface area contributed by atoms with Crippen molar-refractivity contribution >= 4 is 29.1 Å². The Morgan fingerprint density at radius 2 is 1.52 bits per heavy atom. The number of rotatable bonds is 8. The van der Waals surface area contributed by atoms with Crippen LogP contribution in [-0.4, -0.2) is 45.4 Å². The van der Waals surface area contributed by atoms with Crippen LogP contribution in [0.3, 0.4) is 0 Å². The van der Waals surface area contributed by atoms with Crippen molar-refractivity contribution in [1.82, 2.24) is 0 Å². The Labute approximate surface area is 185 Å². The van der Waals surface area contributed by atoms with E-state index in [1.807, 2.05) is 24.3 Å². The number of allylic oxidation sites excluding steroid dienone is 2. The minimum Gasteiger partial charge on any atom is -0.497 e. The molecule has 1 heterocycles. The Bertz CT molecular complexity index is 1020. The van der Waals surface area contributed by atoms with Gasteiger partial charge in [0, 0.05) is 11.5 Å². The van der Waals surface area contributed by atoms with Gasteiger partial charge in [0.1, 0.15) is 5.75 Å². The van der Waals surface area contributed by atoms with Crippen LogP contribution >= 0.6 is 11.8 Å². The summed E-state index contributed by atoms with van der Waals surface area (Å²) in [5.41, 5.74) is 2.05. The van der Waals surface area contributed by atoms with Crippen LogP contribution < -0.4 is 14.2 Å². The summed E-state index contributed by atoms with van der Waals surface area (Å²) in [7, 11) is 5.97. The van der Waals surface area contributed by atoms with Crippen LogP contribution in [0.2, 0.25) is 0 Å². The Morgan fingerprint density at radius 3 is 2.10 bits per heavy atom. The number of carbonyl (C=O) groups is 2. The third-order valence-corrected chi connectivity index (χ3v) is 6.41. The van der Waals surface area contributed by atoms with Crippen molar-refractivity contribution in [2.75, 3.05) is 28.4 Å². The maximum Gasteiger partial charge on any atom is 0.344 e. The molecule has 0 unspecified atom stereocenters. The number of ether oxygens (including phenoxy) is 4. The molecule has 2 aromatic rings. The molecule has 31 heavy (non-hydrogen) atoms. The number of Topliss-reactive ketones (excluding diaryl/α,β-unsaturated/α-hetero) is 1. The highest BCUT2D eigenvalue weighted by Gasteiger charge is 2.39. The van der Waals surface area contributed by atoms with Crippen molar-refractivity contribution in [3.8, 4) is 17.2 Å². The second-order valence-electron chi connectivity index (χ2n) is 6.77. The predicted octanol–water partition coefficient (Wildman–Crippen LogP) is 4.40. The smallest absolute Gasteiger partial charge is 0.344 e. The molecule has 2 aromatic carbocycles. The van der Waals surface area contributed by atoms with Crippen molar-refractivity contribution in [1.29, 1.82) is 0 Å². The molecule has 0 bridgehead atoms. The molecule has 1 aliphatic heterocycles. The summed E-state index contributed by atoms with van der Waals surface area (Å²) in [5.74, 6) is 0.726. The van der Waals surface area contributed by atoms with E-state index in [2.05, 4.69) is 6.58 Å². The molecule has 7 heteroatoms. The maximum absolute atomic E-state index is 13.5. The Hall–Kier alpha value is -3.19. The summed E-state index contributed by atoms with van der Waals surface area (Å²) in [6.45, 7) is 4.22. The van der Waals surface area contributed by atoms with Crippen molar-refractivity contribution in [2.24, 2.45) is 5.92 Å². The first kappa shape index (κ1) is 22.5. The molecule has 0 aliphatic carbocycles. The van der Waals surface area contributed by atoms with Gasteiger partial charge in [-0.2, -0.15) is 0 Å². The third-order valence-electron chi connectivity index (χ3n) is 5.09. The predicted molar refractivity (Wildman–Crippen MR) is 121 cm³/mol. The highest BCUT2D eigenvalue weighted by Crippen LogP contribution is 2.45. The summed E-state index contributed by atoms with van der Waals surface area (Å²) in [6, 6.07) is 12.4. The number of hydrogen-bond donors (Lipinski definition) is 0. The molecule has 0 saturated heterocycles. The van der Waals surface area contributed by atoms with Gasteiger partial charge in [-0.1, -0.05) is 24.8 Å². The van der Waals surface area contributed by atoms with Crippen molar-refractivity contribution in [3.05, 3.63) is 71.2 Å². The van der Waals surface area contributed by atoms with Crippen LogP contribution in [0.4, 0.5) is 0 Å². The van der Waals surface area contributed by atoms with Crippen LogP contribution in [0.25, 0.3) is 5.57 Å². The van der Waals surface area contributed by atoms with E-state index in [1.54, 1.807) is 31.4 Å². The standard InChI is InChI=1S/C24H24O6S/c1-14(15-6-9-17(27-2)10-7-15)18-13-21(24(26)30-5)31-23(18)22(25)16-8-11-19(28-3)20(12-16)29-4/h6-13,18,23H,1H2,2-5H3/t18-,23+/m0/s1. The topological polar surface area (TPSA) is 71.1 Å². The van der Waals surface area contributed by atoms with Crippen LogP contribution in [0, 0.1) is 5.92 Å². The first-order chi connectivity index (χ1) is 14.9. The molecule has 6 nitrogen and oxygen atoms in total. The molecule has 3 rings (SSSR count). The lowest BCUT2D eigenvalue weighted by molar-refractivity contribution is -0.135. The fourth-order valence-electron chi connectivity index (χ4n) is 3.37. The minimum atomic E-state index is -0.568. The van der Waals surface area contributed by atoms with Crippen LogP contribution in [-0.2, 0) is 9.53 Å². The molecular formula is C24H24O6S. The molecule has 2 atom stereocenters. The molecular weight excluding hydrogens is 416 g/mol. The quantitative estimate of drug-likeness (QED) is 0.445. The van der Waals surface area contributed by atoms with E-state index in [0.717, 1.165) is 16.9 Å². The van der Waals surface area contributed by atoms with Gasteiger partial charge in [0.05, 0.1) is 38.6 Å². The lowest BCUT2D eigenvalue weighted by atomic mass is 9.87. The molecule has 162 valence electrons. The van der Waals surface area contributed by atoms with E-state index in [9.17, 15) is 9.59 Å². The molecule has 0 aromatic heterocycles. The first-order valence-corrected chi connectivity index (χ1v) is 10.4.